The smallest absolute Gasteiger partial charge is 0.387 e. The summed E-state index contributed by atoms with van der Waals surface area (Å²) in [5, 5.41) is 2.66. The fourth-order valence-corrected chi connectivity index (χ4v) is 2.09. The van der Waals surface area contributed by atoms with Crippen LogP contribution in [0.3, 0.4) is 0 Å². The summed E-state index contributed by atoms with van der Waals surface area (Å²) >= 11 is 0. The molecule has 24 heavy (non-hydrogen) atoms. The number of carbonyl (C=O) groups is 1. The number of hydrogen-bond donors (Lipinski definition) is 1. The Bertz CT molecular complexity index is 689. The Kier molecular flexibility index (Phi) is 5.95. The Labute approximate surface area is 138 Å². The van der Waals surface area contributed by atoms with Crippen molar-refractivity contribution in [3.8, 4) is 17.2 Å². The van der Waals surface area contributed by atoms with Gasteiger partial charge >= 0.3 is 6.61 Å². The van der Waals surface area contributed by atoms with E-state index in [0.29, 0.717) is 5.75 Å². The molecule has 0 unspecified atom stereocenters. The van der Waals surface area contributed by atoms with E-state index in [4.69, 9.17) is 9.47 Å². The van der Waals surface area contributed by atoms with Crippen LogP contribution in [0.1, 0.15) is 15.9 Å². The van der Waals surface area contributed by atoms with Gasteiger partial charge in [-0.1, -0.05) is 18.2 Å². The highest BCUT2D eigenvalue weighted by Crippen LogP contribution is 2.32. The molecule has 0 aromatic heterocycles. The number of rotatable bonds is 7. The summed E-state index contributed by atoms with van der Waals surface area (Å²) in [7, 11) is 2.87. The number of hydrogen-bond acceptors (Lipinski definition) is 4. The molecule has 1 N–H and O–H groups in total. The van der Waals surface area contributed by atoms with Crippen LogP contribution in [0, 0.1) is 0 Å². The first kappa shape index (κ1) is 17.5. The summed E-state index contributed by atoms with van der Waals surface area (Å²) in [6.45, 7) is -2.83. The average Bonchev–Trinajstić information content (AvgIpc) is 2.59. The van der Waals surface area contributed by atoms with Crippen molar-refractivity contribution < 1.29 is 27.8 Å². The molecule has 0 saturated heterocycles. The van der Waals surface area contributed by atoms with E-state index in [-0.39, 0.29) is 23.6 Å². The van der Waals surface area contributed by atoms with E-state index in [2.05, 4.69) is 10.1 Å². The first-order valence-electron chi connectivity index (χ1n) is 7.08. The van der Waals surface area contributed by atoms with Crippen LogP contribution in [-0.2, 0) is 6.54 Å². The van der Waals surface area contributed by atoms with Gasteiger partial charge in [0.05, 0.1) is 19.8 Å². The fraction of sp³-hybridized carbons (Fsp3) is 0.235. The predicted molar refractivity (Wildman–Crippen MR) is 83.8 cm³/mol. The number of methoxy groups -OCH3 is 2. The van der Waals surface area contributed by atoms with Gasteiger partial charge in [-0.2, -0.15) is 8.78 Å². The lowest BCUT2D eigenvalue weighted by Crippen LogP contribution is -2.24. The number of para-hydroxylation sites is 1. The van der Waals surface area contributed by atoms with Crippen molar-refractivity contribution >= 4 is 5.91 Å². The molecule has 1 amide bonds. The van der Waals surface area contributed by atoms with Gasteiger partial charge in [0, 0.05) is 6.54 Å². The zero-order chi connectivity index (χ0) is 17.5. The monoisotopic (exact) mass is 337 g/mol. The third kappa shape index (κ3) is 4.34. The largest absolute Gasteiger partial charge is 0.497 e. The third-order valence-corrected chi connectivity index (χ3v) is 3.26. The second-order valence-corrected chi connectivity index (χ2v) is 4.75. The van der Waals surface area contributed by atoms with Crippen molar-refractivity contribution in [2.24, 2.45) is 0 Å². The third-order valence-electron chi connectivity index (χ3n) is 3.26. The maximum atomic E-state index is 12.6. The van der Waals surface area contributed by atoms with E-state index in [9.17, 15) is 13.6 Å². The summed E-state index contributed by atoms with van der Waals surface area (Å²) in [6.07, 6.45) is 0. The van der Waals surface area contributed by atoms with Crippen molar-refractivity contribution in [3.05, 3.63) is 53.6 Å². The summed E-state index contributed by atoms with van der Waals surface area (Å²) in [5.74, 6) is -0.0690. The van der Waals surface area contributed by atoms with E-state index >= 15 is 0 Å². The SMILES string of the molecule is COc1ccc(CNC(=O)c2cccc(OC)c2OC(F)F)cc1. The zero-order valence-corrected chi connectivity index (χ0v) is 13.2. The normalized spacial score (nSPS) is 10.4. The quantitative estimate of drug-likeness (QED) is 0.843. The van der Waals surface area contributed by atoms with E-state index in [1.54, 1.807) is 31.4 Å². The van der Waals surface area contributed by atoms with Crippen LogP contribution < -0.4 is 19.5 Å². The molecule has 0 bridgehead atoms. The van der Waals surface area contributed by atoms with E-state index in [1.807, 2.05) is 0 Å². The van der Waals surface area contributed by atoms with Crippen LogP contribution in [0.25, 0.3) is 0 Å². The van der Waals surface area contributed by atoms with E-state index < -0.39 is 12.5 Å². The molecule has 2 rings (SSSR count). The minimum Gasteiger partial charge on any atom is -0.497 e. The van der Waals surface area contributed by atoms with Crippen molar-refractivity contribution in [3.63, 3.8) is 0 Å². The number of nitrogens with one attached hydrogen (secondary N) is 1. The standard InChI is InChI=1S/C17H17F2NO4/c1-22-12-8-6-11(7-9-12)10-20-16(21)13-4-3-5-14(23-2)15(13)24-17(18)19/h3-9,17H,10H2,1-2H3,(H,20,21). The van der Waals surface area contributed by atoms with Crippen LogP contribution in [0.4, 0.5) is 8.78 Å². The Morgan fingerprint density at radius 1 is 1.08 bits per heavy atom. The lowest BCUT2D eigenvalue weighted by molar-refractivity contribution is -0.0515. The number of benzene rings is 2. The maximum Gasteiger partial charge on any atom is 0.387 e. The van der Waals surface area contributed by atoms with Crippen LogP contribution in [0.5, 0.6) is 17.2 Å². The average molecular weight is 337 g/mol. The van der Waals surface area contributed by atoms with Crippen LogP contribution >= 0.6 is 0 Å². The van der Waals surface area contributed by atoms with Crippen LogP contribution in [0.15, 0.2) is 42.5 Å². The topological polar surface area (TPSA) is 56.8 Å². The van der Waals surface area contributed by atoms with Crippen LogP contribution in [-0.4, -0.2) is 26.7 Å². The van der Waals surface area contributed by atoms with E-state index in [1.165, 1.54) is 25.3 Å². The van der Waals surface area contributed by atoms with Crippen molar-refractivity contribution in [2.75, 3.05) is 14.2 Å². The molecule has 2 aromatic rings. The molecule has 0 heterocycles. The molecule has 0 saturated carbocycles. The highest BCUT2D eigenvalue weighted by Gasteiger charge is 2.20. The van der Waals surface area contributed by atoms with Gasteiger partial charge < -0.3 is 19.5 Å². The Balaban J connectivity index is 2.13. The van der Waals surface area contributed by atoms with E-state index in [0.717, 1.165) is 5.56 Å². The van der Waals surface area contributed by atoms with Gasteiger partial charge in [0.1, 0.15) is 5.75 Å². The molecule has 0 fully saturated rings. The minimum atomic E-state index is -3.06. The first-order chi connectivity index (χ1) is 11.5. The van der Waals surface area contributed by atoms with Gasteiger partial charge in [-0.3, -0.25) is 4.79 Å². The molecule has 2 aromatic carbocycles. The number of amides is 1. The minimum absolute atomic E-state index is 0.0249. The number of alkyl halides is 2. The fourth-order valence-electron chi connectivity index (χ4n) is 2.09. The highest BCUT2D eigenvalue weighted by atomic mass is 19.3. The molecular weight excluding hydrogens is 320 g/mol. The lowest BCUT2D eigenvalue weighted by Gasteiger charge is -2.14. The molecule has 0 aliphatic rings. The van der Waals surface area contributed by atoms with Crippen molar-refractivity contribution in [1.82, 2.24) is 5.32 Å². The Morgan fingerprint density at radius 3 is 2.38 bits per heavy atom. The second-order valence-electron chi connectivity index (χ2n) is 4.75. The predicted octanol–water partition coefficient (Wildman–Crippen LogP) is 3.24. The van der Waals surface area contributed by atoms with Gasteiger partial charge in [-0.05, 0) is 29.8 Å². The summed E-state index contributed by atoms with van der Waals surface area (Å²) in [5.41, 5.74) is 0.812. The lowest BCUT2D eigenvalue weighted by atomic mass is 10.1. The molecule has 128 valence electrons. The van der Waals surface area contributed by atoms with Gasteiger partial charge in [-0.25, -0.2) is 0 Å². The number of halogens is 2. The Hall–Kier alpha value is -2.83. The zero-order valence-electron chi connectivity index (χ0n) is 13.2. The molecule has 5 nitrogen and oxygen atoms in total. The van der Waals surface area contributed by atoms with Gasteiger partial charge in [-0.15, -0.1) is 0 Å². The van der Waals surface area contributed by atoms with Gasteiger partial charge in [0.15, 0.2) is 11.5 Å². The van der Waals surface area contributed by atoms with Crippen molar-refractivity contribution in [1.29, 1.82) is 0 Å². The van der Waals surface area contributed by atoms with Crippen molar-refractivity contribution in [2.45, 2.75) is 13.2 Å². The molecular formula is C17H17F2NO4. The Morgan fingerprint density at radius 2 is 1.79 bits per heavy atom. The summed E-state index contributed by atoms with van der Waals surface area (Å²) < 4.78 is 39.6. The first-order valence-corrected chi connectivity index (χ1v) is 7.08. The van der Waals surface area contributed by atoms with Crippen LogP contribution in [0.2, 0.25) is 0 Å². The molecule has 0 aliphatic heterocycles. The summed E-state index contributed by atoms with van der Waals surface area (Å²) in [6, 6.07) is 11.5. The molecule has 7 heteroatoms. The molecule has 0 aliphatic carbocycles. The highest BCUT2D eigenvalue weighted by molar-refractivity contribution is 5.97. The second kappa shape index (κ2) is 8.14. The number of ether oxygens (including phenoxy) is 3. The van der Waals surface area contributed by atoms with Gasteiger partial charge in [0.25, 0.3) is 5.91 Å². The molecule has 0 spiro atoms. The summed E-state index contributed by atoms with van der Waals surface area (Å²) in [4.78, 5) is 12.3. The molecule has 0 atom stereocenters. The maximum absolute atomic E-state index is 12.6. The van der Waals surface area contributed by atoms with Gasteiger partial charge in [0.2, 0.25) is 0 Å². The number of carbonyl (C=O) groups excluding carboxylic acids is 1. The molecule has 0 radical (unpaired) electrons.